The molecule has 1 aliphatic heterocycles. The van der Waals surface area contributed by atoms with Gasteiger partial charge in [0.1, 0.15) is 23.3 Å². The lowest BCUT2D eigenvalue weighted by Gasteiger charge is -2.18. The van der Waals surface area contributed by atoms with Crippen LogP contribution < -0.4 is 10.1 Å². The number of carbonyl (C=O) groups is 1. The lowest BCUT2D eigenvalue weighted by atomic mass is 10.1. The fourth-order valence-corrected chi connectivity index (χ4v) is 2.51. The Hall–Kier alpha value is -2.50. The van der Waals surface area contributed by atoms with Crippen molar-refractivity contribution >= 4 is 6.03 Å². The number of carbonyl (C=O) groups excluding carboxylic acids is 1. The van der Waals surface area contributed by atoms with E-state index in [-0.39, 0.29) is 12.1 Å². The molecule has 0 bridgehead atoms. The Balaban J connectivity index is 1.47. The molecule has 1 atom stereocenters. The van der Waals surface area contributed by atoms with Crippen molar-refractivity contribution in [3.63, 3.8) is 0 Å². The van der Waals surface area contributed by atoms with Crippen molar-refractivity contribution in [2.75, 3.05) is 13.6 Å². The Morgan fingerprint density at radius 2 is 2.27 bits per heavy atom. The third-order valence-electron chi connectivity index (χ3n) is 3.62. The van der Waals surface area contributed by atoms with Gasteiger partial charge in [0.05, 0.1) is 13.1 Å². The maximum absolute atomic E-state index is 12.1. The van der Waals surface area contributed by atoms with E-state index in [2.05, 4.69) is 16.5 Å². The van der Waals surface area contributed by atoms with Crippen molar-refractivity contribution in [2.24, 2.45) is 0 Å². The van der Waals surface area contributed by atoms with Gasteiger partial charge < -0.3 is 19.5 Å². The predicted molar refractivity (Wildman–Crippen MR) is 80.7 cm³/mol. The van der Waals surface area contributed by atoms with E-state index in [0.717, 1.165) is 23.6 Å². The topological polar surface area (TPSA) is 67.6 Å². The molecule has 1 aromatic carbocycles. The summed E-state index contributed by atoms with van der Waals surface area (Å²) in [6.45, 7) is 2.72. The lowest BCUT2D eigenvalue weighted by Crippen LogP contribution is -2.41. The normalized spacial score (nSPS) is 16.0. The third-order valence-corrected chi connectivity index (χ3v) is 3.62. The summed E-state index contributed by atoms with van der Waals surface area (Å²) >= 11 is 0. The molecule has 1 N–H and O–H groups in total. The molecule has 6 heteroatoms. The molecule has 0 spiro atoms. The average Bonchev–Trinajstić information content (AvgIpc) is 3.10. The number of nitrogens with one attached hydrogen (secondary N) is 1. The first-order chi connectivity index (χ1) is 10.6. The number of rotatable bonds is 4. The second-order valence-corrected chi connectivity index (χ2v) is 5.52. The first-order valence-corrected chi connectivity index (χ1v) is 7.27. The highest BCUT2D eigenvalue weighted by atomic mass is 16.5. The number of ether oxygens (including phenoxy) is 1. The zero-order valence-corrected chi connectivity index (χ0v) is 12.7. The molecule has 3 rings (SSSR count). The van der Waals surface area contributed by atoms with Crippen LogP contribution in [0.1, 0.15) is 17.0 Å². The second-order valence-electron chi connectivity index (χ2n) is 5.52. The summed E-state index contributed by atoms with van der Waals surface area (Å²) in [5.74, 6) is 1.65. The van der Waals surface area contributed by atoms with Gasteiger partial charge in [0.2, 0.25) is 0 Å². The van der Waals surface area contributed by atoms with Crippen LogP contribution in [0.15, 0.2) is 34.9 Å². The molecule has 0 radical (unpaired) electrons. The maximum Gasteiger partial charge on any atom is 0.317 e. The van der Waals surface area contributed by atoms with Gasteiger partial charge in [0.25, 0.3) is 0 Å². The Labute approximate surface area is 129 Å². The standard InChI is InChI=1S/C16H19N3O3/c1-11-7-13(18-22-11)10-19(2)16(20)17-9-14-8-12-5-3-4-6-15(12)21-14/h3-7,14H,8-10H2,1-2H3,(H,17,20)/t14-/m1/s1. The summed E-state index contributed by atoms with van der Waals surface area (Å²) in [4.78, 5) is 13.7. The average molecular weight is 301 g/mol. The van der Waals surface area contributed by atoms with Crippen molar-refractivity contribution in [2.45, 2.75) is 26.0 Å². The molecular formula is C16H19N3O3. The highest BCUT2D eigenvalue weighted by Gasteiger charge is 2.23. The molecule has 2 heterocycles. The molecule has 0 saturated carbocycles. The Morgan fingerprint density at radius 1 is 1.45 bits per heavy atom. The number of amides is 2. The molecule has 0 saturated heterocycles. The maximum atomic E-state index is 12.1. The highest BCUT2D eigenvalue weighted by molar-refractivity contribution is 5.73. The summed E-state index contributed by atoms with van der Waals surface area (Å²) < 4.78 is 10.8. The van der Waals surface area contributed by atoms with Crippen molar-refractivity contribution in [1.29, 1.82) is 0 Å². The summed E-state index contributed by atoms with van der Waals surface area (Å²) in [6, 6.07) is 9.62. The molecule has 1 aliphatic rings. The van der Waals surface area contributed by atoms with E-state index in [0.29, 0.717) is 13.1 Å². The number of urea groups is 1. The zero-order chi connectivity index (χ0) is 15.5. The smallest absolute Gasteiger partial charge is 0.317 e. The van der Waals surface area contributed by atoms with Gasteiger partial charge in [-0.1, -0.05) is 23.4 Å². The molecule has 0 fully saturated rings. The number of para-hydroxylation sites is 1. The molecule has 0 unspecified atom stereocenters. The number of aromatic nitrogens is 1. The van der Waals surface area contributed by atoms with E-state index in [9.17, 15) is 4.79 Å². The molecule has 0 aliphatic carbocycles. The zero-order valence-electron chi connectivity index (χ0n) is 12.7. The lowest BCUT2D eigenvalue weighted by molar-refractivity contribution is 0.190. The van der Waals surface area contributed by atoms with Crippen LogP contribution in [0, 0.1) is 6.92 Å². The fourth-order valence-electron chi connectivity index (χ4n) is 2.51. The highest BCUT2D eigenvalue weighted by Crippen LogP contribution is 2.27. The number of benzene rings is 1. The van der Waals surface area contributed by atoms with Crippen LogP contribution in [0.3, 0.4) is 0 Å². The van der Waals surface area contributed by atoms with Crippen LogP contribution in [-0.4, -0.2) is 35.8 Å². The van der Waals surface area contributed by atoms with Gasteiger partial charge in [0.15, 0.2) is 0 Å². The molecular weight excluding hydrogens is 282 g/mol. The minimum atomic E-state index is -0.153. The summed E-state index contributed by atoms with van der Waals surface area (Å²) in [5.41, 5.74) is 1.92. The Bertz CT molecular complexity index is 643. The van der Waals surface area contributed by atoms with Gasteiger partial charge in [-0.05, 0) is 18.6 Å². The number of hydrogen-bond donors (Lipinski definition) is 1. The number of fused-ring (bicyclic) bond motifs is 1. The molecule has 2 amide bonds. The number of hydrogen-bond acceptors (Lipinski definition) is 4. The molecule has 116 valence electrons. The van der Waals surface area contributed by atoms with Gasteiger partial charge in [-0.15, -0.1) is 0 Å². The Morgan fingerprint density at radius 3 is 3.00 bits per heavy atom. The van der Waals surface area contributed by atoms with Gasteiger partial charge in [-0.3, -0.25) is 0 Å². The van der Waals surface area contributed by atoms with Gasteiger partial charge in [0, 0.05) is 19.5 Å². The van der Waals surface area contributed by atoms with Crippen molar-refractivity contribution < 1.29 is 14.1 Å². The van der Waals surface area contributed by atoms with Crippen LogP contribution in [-0.2, 0) is 13.0 Å². The Kier molecular flexibility index (Phi) is 4.00. The monoisotopic (exact) mass is 301 g/mol. The largest absolute Gasteiger partial charge is 0.488 e. The van der Waals surface area contributed by atoms with Crippen LogP contribution in [0.25, 0.3) is 0 Å². The minimum Gasteiger partial charge on any atom is -0.488 e. The quantitative estimate of drug-likeness (QED) is 0.939. The predicted octanol–water partition coefficient (Wildman–Crippen LogP) is 2.13. The van der Waals surface area contributed by atoms with E-state index < -0.39 is 0 Å². The SMILES string of the molecule is Cc1cc(CN(C)C(=O)NC[C@H]2Cc3ccccc3O2)no1. The third kappa shape index (κ3) is 3.21. The second kappa shape index (κ2) is 6.09. The summed E-state index contributed by atoms with van der Waals surface area (Å²) in [6.07, 6.45) is 0.812. The van der Waals surface area contributed by atoms with Crippen LogP contribution in [0.2, 0.25) is 0 Å². The van der Waals surface area contributed by atoms with E-state index in [1.54, 1.807) is 11.9 Å². The first kappa shape index (κ1) is 14.4. The first-order valence-electron chi connectivity index (χ1n) is 7.27. The van der Waals surface area contributed by atoms with Crippen molar-refractivity contribution in [3.8, 4) is 5.75 Å². The van der Waals surface area contributed by atoms with E-state index in [4.69, 9.17) is 9.26 Å². The van der Waals surface area contributed by atoms with Crippen LogP contribution in [0.5, 0.6) is 5.75 Å². The van der Waals surface area contributed by atoms with Crippen LogP contribution >= 0.6 is 0 Å². The van der Waals surface area contributed by atoms with Crippen LogP contribution in [0.4, 0.5) is 4.79 Å². The molecule has 1 aromatic heterocycles. The van der Waals surface area contributed by atoms with Crippen molar-refractivity contribution in [1.82, 2.24) is 15.4 Å². The van der Waals surface area contributed by atoms with Gasteiger partial charge in [-0.25, -0.2) is 4.79 Å². The van der Waals surface area contributed by atoms with E-state index >= 15 is 0 Å². The molecule has 2 aromatic rings. The van der Waals surface area contributed by atoms with Crippen molar-refractivity contribution in [3.05, 3.63) is 47.3 Å². The fraction of sp³-hybridized carbons (Fsp3) is 0.375. The van der Waals surface area contributed by atoms with Gasteiger partial charge >= 0.3 is 6.03 Å². The summed E-state index contributed by atoms with van der Waals surface area (Å²) in [5, 5.41) is 6.77. The van der Waals surface area contributed by atoms with E-state index in [1.807, 2.05) is 31.2 Å². The van der Waals surface area contributed by atoms with E-state index in [1.165, 1.54) is 5.56 Å². The molecule has 22 heavy (non-hydrogen) atoms. The number of aryl methyl sites for hydroxylation is 1. The summed E-state index contributed by atoms with van der Waals surface area (Å²) in [7, 11) is 1.73. The van der Waals surface area contributed by atoms with Gasteiger partial charge in [-0.2, -0.15) is 0 Å². The molecule has 6 nitrogen and oxygen atoms in total. The minimum absolute atomic E-state index is 0.0101. The number of nitrogens with zero attached hydrogens (tertiary/aromatic N) is 2.